The second-order valence-electron chi connectivity index (χ2n) is 9.51. The fourth-order valence-electron chi connectivity index (χ4n) is 4.38. The van der Waals surface area contributed by atoms with Gasteiger partial charge in [0.2, 0.25) is 5.91 Å². The molecule has 9 nitrogen and oxygen atoms in total. The van der Waals surface area contributed by atoms with Crippen LogP contribution in [-0.4, -0.2) is 51.0 Å². The number of carbonyl (C=O) groups is 3. The van der Waals surface area contributed by atoms with E-state index in [1.165, 1.54) is 4.90 Å². The molecule has 3 aromatic rings. The lowest BCUT2D eigenvalue weighted by Crippen LogP contribution is -2.47. The van der Waals surface area contributed by atoms with Crippen LogP contribution in [0.3, 0.4) is 0 Å². The molecule has 2 N–H and O–H groups in total. The summed E-state index contributed by atoms with van der Waals surface area (Å²) in [4.78, 5) is 41.5. The molecule has 4 amide bonds. The van der Waals surface area contributed by atoms with Crippen molar-refractivity contribution in [2.45, 2.75) is 38.4 Å². The van der Waals surface area contributed by atoms with E-state index in [9.17, 15) is 14.4 Å². The molecule has 9 heteroatoms. The Morgan fingerprint density at radius 2 is 1.61 bits per heavy atom. The molecule has 1 atom stereocenters. The minimum Gasteiger partial charge on any atom is -0.491 e. The number of carbonyl (C=O) groups excluding carboxylic acids is 3. The van der Waals surface area contributed by atoms with Crippen molar-refractivity contribution < 1.29 is 24.3 Å². The van der Waals surface area contributed by atoms with Crippen LogP contribution in [0.4, 0.5) is 4.79 Å². The molecular formula is C29H28N4O5. The van der Waals surface area contributed by atoms with Crippen molar-refractivity contribution in [3.63, 3.8) is 0 Å². The van der Waals surface area contributed by atoms with E-state index in [4.69, 9.17) is 15.2 Å². The molecule has 0 spiro atoms. The predicted octanol–water partition coefficient (Wildman–Crippen LogP) is 4.11. The molecule has 1 saturated heterocycles. The molecule has 0 aliphatic carbocycles. The van der Waals surface area contributed by atoms with Crippen LogP contribution in [0.25, 0.3) is 11.1 Å². The smallest absolute Gasteiger partial charge is 0.328 e. The van der Waals surface area contributed by atoms with Crippen LogP contribution in [0.15, 0.2) is 78.9 Å². The van der Waals surface area contributed by atoms with Crippen molar-refractivity contribution in [1.82, 2.24) is 15.3 Å². The fraction of sp³-hybridized carbons (Fsp3) is 0.241. The molecule has 0 aromatic heterocycles. The third kappa shape index (κ3) is 5.51. The van der Waals surface area contributed by atoms with Crippen molar-refractivity contribution in [2.75, 3.05) is 6.61 Å². The highest BCUT2D eigenvalue weighted by Crippen LogP contribution is 2.32. The van der Waals surface area contributed by atoms with E-state index >= 15 is 0 Å². The average Bonchev–Trinajstić information content (AvgIpc) is 3.10. The van der Waals surface area contributed by atoms with Gasteiger partial charge in [0.25, 0.3) is 5.91 Å². The van der Waals surface area contributed by atoms with Crippen LogP contribution in [0.5, 0.6) is 5.75 Å². The molecule has 3 aromatic carbocycles. The van der Waals surface area contributed by atoms with Gasteiger partial charge in [-0.3, -0.25) is 19.7 Å². The Hall–Kier alpha value is -4.68. The molecule has 4 rings (SSSR count). The fourth-order valence-corrected chi connectivity index (χ4v) is 4.38. The highest BCUT2D eigenvalue weighted by atomic mass is 16.5. The van der Waals surface area contributed by atoms with Crippen LogP contribution in [0.2, 0.25) is 0 Å². The Bertz CT molecular complexity index is 1350. The predicted molar refractivity (Wildman–Crippen MR) is 139 cm³/mol. The quantitative estimate of drug-likeness (QED) is 0.253. The average molecular weight is 513 g/mol. The summed E-state index contributed by atoms with van der Waals surface area (Å²) >= 11 is 0. The summed E-state index contributed by atoms with van der Waals surface area (Å²) in [7, 11) is 0. The molecule has 1 heterocycles. The van der Waals surface area contributed by atoms with Crippen LogP contribution >= 0.6 is 0 Å². The lowest BCUT2D eigenvalue weighted by Gasteiger charge is -2.27. The van der Waals surface area contributed by atoms with E-state index in [2.05, 4.69) is 6.07 Å². The Morgan fingerprint density at radius 3 is 2.18 bits per heavy atom. The number of hydrogen-bond donors (Lipinski definition) is 2. The monoisotopic (exact) mass is 512 g/mol. The van der Waals surface area contributed by atoms with Gasteiger partial charge in [0.15, 0.2) is 0 Å². The summed E-state index contributed by atoms with van der Waals surface area (Å²) in [5.41, 5.74) is 3.73. The highest BCUT2D eigenvalue weighted by Gasteiger charge is 2.53. The minimum atomic E-state index is -1.14. The summed E-state index contributed by atoms with van der Waals surface area (Å²) in [5.74, 6) is -0.708. The third-order valence-electron chi connectivity index (χ3n) is 6.59. The van der Waals surface area contributed by atoms with Gasteiger partial charge < -0.3 is 9.64 Å². The molecule has 194 valence electrons. The normalized spacial score (nSPS) is 15.2. The Balaban J connectivity index is 1.51. The molecule has 0 radical (unpaired) electrons. The number of nitrogens with one attached hydrogen (secondary N) is 1. The Kier molecular flexibility index (Phi) is 7.74. The van der Waals surface area contributed by atoms with Crippen molar-refractivity contribution in [1.29, 1.82) is 5.26 Å². The summed E-state index contributed by atoms with van der Waals surface area (Å²) < 4.78 is 5.90. The molecule has 0 saturated carbocycles. The first kappa shape index (κ1) is 26.4. The summed E-state index contributed by atoms with van der Waals surface area (Å²) in [6.45, 7) is 3.42. The third-order valence-corrected chi connectivity index (χ3v) is 6.59. The van der Waals surface area contributed by atoms with E-state index in [0.717, 1.165) is 21.6 Å². The lowest BCUT2D eigenvalue weighted by atomic mass is 10.0. The van der Waals surface area contributed by atoms with E-state index in [1.807, 2.05) is 54.6 Å². The maximum absolute atomic E-state index is 13.5. The first-order chi connectivity index (χ1) is 18.2. The SMILES string of the molecule is CC1(C)C(=O)N(C(COc2ccc(-c3ccc(C#N)cc3)cc2)CC(=O)NO)C(=O)N1Cc1ccccc1. The van der Waals surface area contributed by atoms with E-state index in [-0.39, 0.29) is 19.6 Å². The van der Waals surface area contributed by atoms with Gasteiger partial charge in [-0.05, 0) is 54.8 Å². The van der Waals surface area contributed by atoms with Crippen molar-refractivity contribution in [3.05, 3.63) is 90.0 Å². The van der Waals surface area contributed by atoms with E-state index in [1.54, 1.807) is 43.6 Å². The van der Waals surface area contributed by atoms with Crippen molar-refractivity contribution in [2.24, 2.45) is 0 Å². The maximum Gasteiger partial charge on any atom is 0.328 e. The number of imide groups is 1. The van der Waals surface area contributed by atoms with E-state index in [0.29, 0.717) is 11.3 Å². The van der Waals surface area contributed by atoms with E-state index < -0.39 is 29.4 Å². The zero-order chi connectivity index (χ0) is 27.3. The Morgan fingerprint density at radius 1 is 1.00 bits per heavy atom. The largest absolute Gasteiger partial charge is 0.491 e. The number of ether oxygens (including phenoxy) is 1. The number of rotatable bonds is 9. The molecule has 1 aliphatic heterocycles. The van der Waals surface area contributed by atoms with Crippen molar-refractivity contribution in [3.8, 4) is 22.9 Å². The zero-order valence-corrected chi connectivity index (χ0v) is 21.1. The van der Waals surface area contributed by atoms with Crippen LogP contribution in [0.1, 0.15) is 31.4 Å². The van der Waals surface area contributed by atoms with Crippen LogP contribution in [-0.2, 0) is 16.1 Å². The maximum atomic E-state index is 13.5. The molecule has 1 aliphatic rings. The number of hydroxylamine groups is 1. The standard InChI is InChI=1S/C29H28N4O5/c1-29(2)27(35)33(28(36)32(29)18-21-6-4-3-5-7-21)24(16-26(34)31-37)19-38-25-14-12-23(13-15-25)22-10-8-20(17-30)9-11-22/h3-15,24,37H,16,18-19H2,1-2H3,(H,31,34). The first-order valence-electron chi connectivity index (χ1n) is 12.1. The van der Waals surface area contributed by atoms with Gasteiger partial charge in [-0.1, -0.05) is 54.6 Å². The lowest BCUT2D eigenvalue weighted by molar-refractivity contribution is -0.136. The highest BCUT2D eigenvalue weighted by molar-refractivity contribution is 6.07. The second-order valence-corrected chi connectivity index (χ2v) is 9.51. The van der Waals surface area contributed by atoms with Gasteiger partial charge in [-0.15, -0.1) is 0 Å². The van der Waals surface area contributed by atoms with Gasteiger partial charge in [-0.2, -0.15) is 5.26 Å². The summed E-state index contributed by atoms with van der Waals surface area (Å²) in [6.07, 6.45) is -0.327. The van der Waals surface area contributed by atoms with Crippen molar-refractivity contribution >= 4 is 17.8 Å². The van der Waals surface area contributed by atoms with Crippen LogP contribution < -0.4 is 10.2 Å². The second kappa shape index (κ2) is 11.2. The minimum absolute atomic E-state index is 0.142. The summed E-state index contributed by atoms with van der Waals surface area (Å²) in [5, 5.41) is 18.1. The summed E-state index contributed by atoms with van der Waals surface area (Å²) in [6, 6.07) is 24.3. The van der Waals surface area contributed by atoms with Gasteiger partial charge in [0.1, 0.15) is 17.9 Å². The molecule has 1 unspecified atom stereocenters. The molecule has 1 fully saturated rings. The molecule has 0 bridgehead atoms. The number of nitriles is 1. The van der Waals surface area contributed by atoms with Gasteiger partial charge in [0.05, 0.1) is 24.1 Å². The topological polar surface area (TPSA) is 123 Å². The van der Waals surface area contributed by atoms with Gasteiger partial charge >= 0.3 is 6.03 Å². The van der Waals surface area contributed by atoms with Crippen LogP contribution in [0, 0.1) is 11.3 Å². The zero-order valence-electron chi connectivity index (χ0n) is 21.1. The number of nitrogens with zero attached hydrogens (tertiary/aromatic N) is 3. The number of benzene rings is 3. The molecule has 38 heavy (non-hydrogen) atoms. The van der Waals surface area contributed by atoms with Gasteiger partial charge in [-0.25, -0.2) is 10.3 Å². The molecular weight excluding hydrogens is 484 g/mol. The first-order valence-corrected chi connectivity index (χ1v) is 12.1. The van der Waals surface area contributed by atoms with Gasteiger partial charge in [0, 0.05) is 6.54 Å². The number of amides is 4. The Labute approximate surface area is 220 Å². The number of urea groups is 1. The number of hydrogen-bond acceptors (Lipinski definition) is 6.